The second kappa shape index (κ2) is 6.04. The molecule has 2 aromatic carbocycles. The number of fused-ring (bicyclic) bond motifs is 2. The molecular formula is C20H21ClN4. The first-order chi connectivity index (χ1) is 12.3. The lowest BCUT2D eigenvalue weighted by Gasteiger charge is -2.36. The lowest BCUT2D eigenvalue weighted by Crippen LogP contribution is -2.49. The first-order valence-corrected chi connectivity index (χ1v) is 9.39. The smallest absolute Gasteiger partial charge is 0.138 e. The van der Waals surface area contributed by atoms with Crippen LogP contribution in [0, 0.1) is 0 Å². The summed E-state index contributed by atoms with van der Waals surface area (Å²) in [6, 6.07) is 15.1. The fourth-order valence-corrected chi connectivity index (χ4v) is 3.96. The largest absolute Gasteiger partial charge is 0.353 e. The first-order valence-electron chi connectivity index (χ1n) is 9.01. The van der Waals surface area contributed by atoms with Crippen molar-refractivity contribution in [3.8, 4) is 0 Å². The number of benzene rings is 2. The van der Waals surface area contributed by atoms with Crippen LogP contribution in [0.5, 0.6) is 0 Å². The van der Waals surface area contributed by atoms with Gasteiger partial charge in [0, 0.05) is 48.5 Å². The summed E-state index contributed by atoms with van der Waals surface area (Å²) in [5.74, 6) is 1.06. The average molecular weight is 353 g/mol. The number of para-hydroxylation sites is 1. The zero-order chi connectivity index (χ0) is 16.8. The number of piperazine rings is 1. The van der Waals surface area contributed by atoms with E-state index in [1.807, 2.05) is 18.2 Å². The second-order valence-electron chi connectivity index (χ2n) is 7.02. The van der Waals surface area contributed by atoms with Crippen molar-refractivity contribution in [2.24, 2.45) is 4.99 Å². The van der Waals surface area contributed by atoms with Gasteiger partial charge in [0.15, 0.2) is 0 Å². The molecule has 0 amide bonds. The average Bonchev–Trinajstić information content (AvgIpc) is 3.48. The van der Waals surface area contributed by atoms with Gasteiger partial charge in [-0.1, -0.05) is 23.7 Å². The molecule has 1 saturated heterocycles. The van der Waals surface area contributed by atoms with Crippen LogP contribution in [-0.2, 0) is 0 Å². The summed E-state index contributed by atoms with van der Waals surface area (Å²) in [5.41, 5.74) is 4.17. The van der Waals surface area contributed by atoms with Crippen molar-refractivity contribution in [1.29, 1.82) is 0 Å². The van der Waals surface area contributed by atoms with E-state index in [9.17, 15) is 0 Å². The van der Waals surface area contributed by atoms with Crippen LogP contribution in [0.2, 0.25) is 5.02 Å². The third-order valence-electron chi connectivity index (χ3n) is 5.30. The van der Waals surface area contributed by atoms with E-state index in [0.29, 0.717) is 5.02 Å². The van der Waals surface area contributed by atoms with Crippen molar-refractivity contribution in [2.75, 3.05) is 31.5 Å². The Morgan fingerprint density at radius 1 is 0.960 bits per heavy atom. The third-order valence-corrected chi connectivity index (χ3v) is 5.54. The highest BCUT2D eigenvalue weighted by atomic mass is 35.5. The van der Waals surface area contributed by atoms with Gasteiger partial charge in [0.2, 0.25) is 0 Å². The molecule has 5 heteroatoms. The van der Waals surface area contributed by atoms with Gasteiger partial charge in [-0.3, -0.25) is 4.90 Å². The number of aliphatic imine (C=N–C) groups is 1. The molecule has 5 rings (SSSR count). The van der Waals surface area contributed by atoms with Crippen molar-refractivity contribution in [1.82, 2.24) is 9.80 Å². The van der Waals surface area contributed by atoms with Crippen LogP contribution in [0.1, 0.15) is 18.4 Å². The quantitative estimate of drug-likeness (QED) is 0.832. The predicted molar refractivity (Wildman–Crippen MR) is 104 cm³/mol. The van der Waals surface area contributed by atoms with E-state index in [2.05, 4.69) is 39.4 Å². The molecule has 1 N–H and O–H groups in total. The van der Waals surface area contributed by atoms with E-state index < -0.39 is 0 Å². The molecule has 0 atom stereocenters. The summed E-state index contributed by atoms with van der Waals surface area (Å²) in [6.45, 7) is 4.31. The molecule has 2 fully saturated rings. The molecule has 0 bridgehead atoms. The maximum absolute atomic E-state index is 6.22. The topological polar surface area (TPSA) is 30.9 Å². The minimum atomic E-state index is 0.716. The van der Waals surface area contributed by atoms with Crippen molar-refractivity contribution in [3.63, 3.8) is 0 Å². The highest BCUT2D eigenvalue weighted by molar-refractivity contribution is 6.31. The molecule has 1 saturated carbocycles. The Morgan fingerprint density at radius 2 is 1.76 bits per heavy atom. The molecule has 0 unspecified atom stereocenters. The minimum Gasteiger partial charge on any atom is -0.353 e. The minimum absolute atomic E-state index is 0.716. The van der Waals surface area contributed by atoms with Crippen molar-refractivity contribution < 1.29 is 0 Å². The van der Waals surface area contributed by atoms with Gasteiger partial charge in [-0.25, -0.2) is 4.99 Å². The molecule has 3 aliphatic rings. The highest BCUT2D eigenvalue weighted by Crippen LogP contribution is 2.37. The lowest BCUT2D eigenvalue weighted by atomic mass is 10.1. The summed E-state index contributed by atoms with van der Waals surface area (Å²) >= 11 is 6.22. The van der Waals surface area contributed by atoms with E-state index in [-0.39, 0.29) is 0 Å². The van der Waals surface area contributed by atoms with Crippen LogP contribution in [0.3, 0.4) is 0 Å². The maximum Gasteiger partial charge on any atom is 0.138 e. The number of nitrogens with one attached hydrogen (secondary N) is 1. The SMILES string of the molecule is Clc1ccc2c(c1)N=C(N1CCN(C3CC3)CC1)c1ccccc1N2. The van der Waals surface area contributed by atoms with Gasteiger partial charge >= 0.3 is 0 Å². The van der Waals surface area contributed by atoms with Gasteiger partial charge in [-0.2, -0.15) is 0 Å². The fraction of sp³-hybridized carbons (Fsp3) is 0.350. The summed E-state index contributed by atoms with van der Waals surface area (Å²) in [7, 11) is 0. The van der Waals surface area contributed by atoms with Gasteiger partial charge in [-0.05, 0) is 43.2 Å². The molecule has 128 valence electrons. The van der Waals surface area contributed by atoms with Crippen LogP contribution in [0.25, 0.3) is 0 Å². The van der Waals surface area contributed by atoms with E-state index >= 15 is 0 Å². The molecule has 4 nitrogen and oxygen atoms in total. The van der Waals surface area contributed by atoms with Crippen molar-refractivity contribution in [2.45, 2.75) is 18.9 Å². The molecule has 2 aliphatic heterocycles. The fourth-order valence-electron chi connectivity index (χ4n) is 3.79. The van der Waals surface area contributed by atoms with E-state index in [1.54, 1.807) is 0 Å². The van der Waals surface area contributed by atoms with Crippen molar-refractivity contribution in [3.05, 3.63) is 53.1 Å². The molecule has 25 heavy (non-hydrogen) atoms. The lowest BCUT2D eigenvalue weighted by molar-refractivity contribution is 0.175. The molecule has 1 aliphatic carbocycles. The zero-order valence-corrected chi connectivity index (χ0v) is 14.8. The number of anilines is 2. The molecular weight excluding hydrogens is 332 g/mol. The number of hydrogen-bond donors (Lipinski definition) is 1. The third kappa shape index (κ3) is 2.90. The van der Waals surface area contributed by atoms with Crippen LogP contribution in [-0.4, -0.2) is 47.9 Å². The van der Waals surface area contributed by atoms with E-state index in [0.717, 1.165) is 60.7 Å². The summed E-state index contributed by atoms with van der Waals surface area (Å²) in [4.78, 5) is 10.1. The summed E-state index contributed by atoms with van der Waals surface area (Å²) in [5, 5.41) is 4.24. The van der Waals surface area contributed by atoms with E-state index in [4.69, 9.17) is 16.6 Å². The van der Waals surface area contributed by atoms with Gasteiger partial charge in [-0.15, -0.1) is 0 Å². The van der Waals surface area contributed by atoms with Crippen LogP contribution >= 0.6 is 11.6 Å². The van der Waals surface area contributed by atoms with Crippen LogP contribution < -0.4 is 5.32 Å². The number of nitrogens with zero attached hydrogens (tertiary/aromatic N) is 3. The van der Waals surface area contributed by atoms with Gasteiger partial charge < -0.3 is 10.2 Å². The Bertz CT molecular complexity index is 835. The Morgan fingerprint density at radius 3 is 2.56 bits per heavy atom. The van der Waals surface area contributed by atoms with Gasteiger partial charge in [0.05, 0.1) is 11.4 Å². The van der Waals surface area contributed by atoms with Gasteiger partial charge in [0.1, 0.15) is 5.84 Å². The molecule has 0 aromatic heterocycles. The Balaban J connectivity index is 1.53. The Hall–Kier alpha value is -2.04. The molecule has 0 radical (unpaired) electrons. The Labute approximate surface area is 153 Å². The number of amidine groups is 1. The maximum atomic E-state index is 6.22. The highest BCUT2D eigenvalue weighted by Gasteiger charge is 2.32. The first kappa shape index (κ1) is 15.2. The predicted octanol–water partition coefficient (Wildman–Crippen LogP) is 4.26. The monoisotopic (exact) mass is 352 g/mol. The summed E-state index contributed by atoms with van der Waals surface area (Å²) < 4.78 is 0. The molecule has 2 aromatic rings. The number of hydrogen-bond acceptors (Lipinski definition) is 4. The normalized spacial score (nSPS) is 20.2. The zero-order valence-electron chi connectivity index (χ0n) is 14.1. The second-order valence-corrected chi connectivity index (χ2v) is 7.46. The van der Waals surface area contributed by atoms with Crippen LogP contribution in [0.4, 0.5) is 17.1 Å². The standard InChI is InChI=1S/C20H21ClN4/c21-14-5-8-18-19(13-14)23-20(16-3-1-2-4-17(16)22-18)25-11-9-24(10-12-25)15-6-7-15/h1-5,8,13,15,22H,6-7,9-12H2. The number of rotatable bonds is 1. The molecule has 2 heterocycles. The van der Waals surface area contributed by atoms with Crippen molar-refractivity contribution >= 4 is 34.5 Å². The van der Waals surface area contributed by atoms with E-state index in [1.165, 1.54) is 12.8 Å². The van der Waals surface area contributed by atoms with Gasteiger partial charge in [0.25, 0.3) is 0 Å². The Kier molecular flexibility index (Phi) is 3.68. The van der Waals surface area contributed by atoms with Crippen LogP contribution in [0.15, 0.2) is 47.5 Å². The summed E-state index contributed by atoms with van der Waals surface area (Å²) in [6.07, 6.45) is 2.75. The number of halogens is 1. The molecule has 0 spiro atoms.